The minimum Gasteiger partial charge on any atom is -0.352 e. The molecule has 0 fully saturated rings. The van der Waals surface area contributed by atoms with Crippen molar-refractivity contribution >= 4 is 29.1 Å². The Hall–Kier alpha value is -1.58. The maximum absolute atomic E-state index is 13.4. The number of carbonyl (C=O) groups is 1. The first-order chi connectivity index (χ1) is 9.97. The molecule has 0 bridgehead atoms. The summed E-state index contributed by atoms with van der Waals surface area (Å²) in [6.07, 6.45) is 0.0901. The highest BCUT2D eigenvalue weighted by Gasteiger charge is 2.10. The Morgan fingerprint density at radius 2 is 1.86 bits per heavy atom. The molecule has 0 radical (unpaired) electrons. The summed E-state index contributed by atoms with van der Waals surface area (Å²) in [7, 11) is 0. The zero-order valence-electron chi connectivity index (χ0n) is 11.4. The van der Waals surface area contributed by atoms with E-state index in [1.54, 1.807) is 37.3 Å². The van der Waals surface area contributed by atoms with Gasteiger partial charge in [-0.05, 0) is 41.8 Å². The van der Waals surface area contributed by atoms with Crippen LogP contribution in [0.5, 0.6) is 0 Å². The second-order valence-electron chi connectivity index (χ2n) is 4.74. The predicted octanol–water partition coefficient (Wildman–Crippen LogP) is 4.30. The first kappa shape index (κ1) is 15.8. The van der Waals surface area contributed by atoms with Gasteiger partial charge in [0, 0.05) is 16.6 Å². The van der Waals surface area contributed by atoms with Crippen LogP contribution in [0, 0.1) is 12.7 Å². The summed E-state index contributed by atoms with van der Waals surface area (Å²) in [6, 6.07) is 9.97. The number of halogens is 3. The second-order valence-corrected chi connectivity index (χ2v) is 5.55. The topological polar surface area (TPSA) is 29.1 Å². The molecule has 2 aromatic carbocycles. The average Bonchev–Trinajstić information content (AvgIpc) is 2.44. The van der Waals surface area contributed by atoms with Gasteiger partial charge in [-0.25, -0.2) is 4.39 Å². The van der Waals surface area contributed by atoms with E-state index in [1.165, 1.54) is 6.07 Å². The van der Waals surface area contributed by atoms with E-state index in [9.17, 15) is 9.18 Å². The van der Waals surface area contributed by atoms with Crippen molar-refractivity contribution in [2.24, 2.45) is 0 Å². The third-order valence-electron chi connectivity index (χ3n) is 3.12. The maximum Gasteiger partial charge on any atom is 0.224 e. The van der Waals surface area contributed by atoms with Gasteiger partial charge in [0.15, 0.2) is 0 Å². The number of carbonyl (C=O) groups excluding carboxylic acids is 1. The number of amides is 1. The fraction of sp³-hybridized carbons (Fsp3) is 0.188. The molecule has 0 aliphatic heterocycles. The van der Waals surface area contributed by atoms with E-state index in [4.69, 9.17) is 23.2 Å². The van der Waals surface area contributed by atoms with Gasteiger partial charge in [0.25, 0.3) is 0 Å². The van der Waals surface area contributed by atoms with Crippen molar-refractivity contribution in [2.45, 2.75) is 19.9 Å². The molecule has 0 aliphatic carbocycles. The Kier molecular flexibility index (Phi) is 5.21. The van der Waals surface area contributed by atoms with Crippen LogP contribution in [-0.2, 0) is 17.8 Å². The highest BCUT2D eigenvalue weighted by molar-refractivity contribution is 6.36. The lowest BCUT2D eigenvalue weighted by molar-refractivity contribution is -0.120. The Morgan fingerprint density at radius 1 is 1.19 bits per heavy atom. The summed E-state index contributed by atoms with van der Waals surface area (Å²) in [5, 5.41) is 3.64. The molecule has 0 aromatic heterocycles. The minimum absolute atomic E-state index is 0.0901. The molecule has 2 rings (SSSR count). The van der Waals surface area contributed by atoms with Gasteiger partial charge in [-0.3, -0.25) is 4.79 Å². The highest BCUT2D eigenvalue weighted by atomic mass is 35.5. The number of benzene rings is 2. The predicted molar refractivity (Wildman–Crippen MR) is 83.1 cm³/mol. The number of nitrogens with one attached hydrogen (secondary N) is 1. The third kappa shape index (κ3) is 4.19. The lowest BCUT2D eigenvalue weighted by Gasteiger charge is -2.09. The number of hydrogen-bond donors (Lipinski definition) is 1. The van der Waals surface area contributed by atoms with Crippen molar-refractivity contribution in [3.8, 4) is 0 Å². The van der Waals surface area contributed by atoms with Crippen LogP contribution in [0.15, 0.2) is 36.4 Å². The van der Waals surface area contributed by atoms with E-state index < -0.39 is 0 Å². The number of rotatable bonds is 4. The van der Waals surface area contributed by atoms with Crippen molar-refractivity contribution < 1.29 is 9.18 Å². The number of aryl methyl sites for hydroxylation is 1. The second kappa shape index (κ2) is 6.92. The van der Waals surface area contributed by atoms with Crippen LogP contribution in [0.3, 0.4) is 0 Å². The van der Waals surface area contributed by atoms with Gasteiger partial charge in [-0.2, -0.15) is 0 Å². The molecule has 0 saturated heterocycles. The van der Waals surface area contributed by atoms with Crippen LogP contribution >= 0.6 is 23.2 Å². The molecule has 0 unspecified atom stereocenters. The SMILES string of the molecule is Cc1ccc(CNC(=O)Cc2c(Cl)cccc2Cl)cc1F. The lowest BCUT2D eigenvalue weighted by atomic mass is 10.1. The Bertz CT molecular complexity index is 653. The lowest BCUT2D eigenvalue weighted by Crippen LogP contribution is -2.24. The van der Waals surface area contributed by atoms with Gasteiger partial charge < -0.3 is 5.32 Å². The summed E-state index contributed by atoms with van der Waals surface area (Å²) in [6.45, 7) is 1.95. The normalized spacial score (nSPS) is 10.5. The van der Waals surface area contributed by atoms with Crippen molar-refractivity contribution in [2.75, 3.05) is 0 Å². The molecule has 1 N–H and O–H groups in total. The molecule has 21 heavy (non-hydrogen) atoms. The molecule has 0 spiro atoms. The molecule has 2 nitrogen and oxygen atoms in total. The zero-order valence-corrected chi connectivity index (χ0v) is 12.9. The van der Waals surface area contributed by atoms with Crippen molar-refractivity contribution in [3.63, 3.8) is 0 Å². The van der Waals surface area contributed by atoms with Gasteiger partial charge in [0.05, 0.1) is 6.42 Å². The molecule has 2 aromatic rings. The van der Waals surface area contributed by atoms with E-state index >= 15 is 0 Å². The summed E-state index contributed by atoms with van der Waals surface area (Å²) in [4.78, 5) is 11.9. The first-order valence-electron chi connectivity index (χ1n) is 6.42. The fourth-order valence-corrected chi connectivity index (χ4v) is 2.40. The van der Waals surface area contributed by atoms with Crippen molar-refractivity contribution in [1.82, 2.24) is 5.32 Å². The molecule has 0 heterocycles. The summed E-state index contributed by atoms with van der Waals surface area (Å²) < 4.78 is 13.4. The smallest absolute Gasteiger partial charge is 0.224 e. The summed E-state index contributed by atoms with van der Waals surface area (Å²) in [5.41, 5.74) is 1.87. The van der Waals surface area contributed by atoms with Gasteiger partial charge >= 0.3 is 0 Å². The van der Waals surface area contributed by atoms with E-state index in [2.05, 4.69) is 5.32 Å². The van der Waals surface area contributed by atoms with Crippen molar-refractivity contribution in [1.29, 1.82) is 0 Å². The van der Waals surface area contributed by atoms with Crippen LogP contribution < -0.4 is 5.32 Å². The Labute approximate surface area is 132 Å². The average molecular weight is 326 g/mol. The van der Waals surface area contributed by atoms with Crippen molar-refractivity contribution in [3.05, 3.63) is 69.0 Å². The Morgan fingerprint density at radius 3 is 2.48 bits per heavy atom. The molecular formula is C16H14Cl2FNO. The maximum atomic E-state index is 13.4. The minimum atomic E-state index is -0.282. The summed E-state index contributed by atoms with van der Waals surface area (Å²) >= 11 is 12.0. The Balaban J connectivity index is 1.97. The third-order valence-corrected chi connectivity index (χ3v) is 3.83. The molecule has 5 heteroatoms. The van der Waals surface area contributed by atoms with Crippen LogP contribution in [-0.4, -0.2) is 5.91 Å². The van der Waals surface area contributed by atoms with E-state index in [0.717, 1.165) is 0 Å². The zero-order chi connectivity index (χ0) is 15.4. The molecule has 0 aliphatic rings. The van der Waals surface area contributed by atoms with Crippen LogP contribution in [0.25, 0.3) is 0 Å². The highest BCUT2D eigenvalue weighted by Crippen LogP contribution is 2.24. The quantitative estimate of drug-likeness (QED) is 0.892. The van der Waals surface area contributed by atoms with E-state index in [1.807, 2.05) is 0 Å². The monoisotopic (exact) mass is 325 g/mol. The van der Waals surface area contributed by atoms with Gasteiger partial charge in [0.2, 0.25) is 5.91 Å². The van der Waals surface area contributed by atoms with Crippen LogP contribution in [0.2, 0.25) is 10.0 Å². The van der Waals surface area contributed by atoms with Crippen LogP contribution in [0.4, 0.5) is 4.39 Å². The molecule has 0 saturated carbocycles. The first-order valence-corrected chi connectivity index (χ1v) is 7.17. The van der Waals surface area contributed by atoms with Gasteiger partial charge in [-0.1, -0.05) is 41.4 Å². The molecule has 110 valence electrons. The standard InChI is InChI=1S/C16H14Cl2FNO/c1-10-5-6-11(7-15(10)19)9-20-16(21)8-12-13(17)3-2-4-14(12)18/h2-7H,8-9H2,1H3,(H,20,21). The van der Waals surface area contributed by atoms with E-state index in [0.29, 0.717) is 26.7 Å². The molecule has 0 atom stereocenters. The largest absolute Gasteiger partial charge is 0.352 e. The molecular weight excluding hydrogens is 312 g/mol. The summed E-state index contributed by atoms with van der Waals surface area (Å²) in [5.74, 6) is -0.498. The van der Waals surface area contributed by atoms with Gasteiger partial charge in [-0.15, -0.1) is 0 Å². The fourth-order valence-electron chi connectivity index (χ4n) is 1.87. The van der Waals surface area contributed by atoms with E-state index in [-0.39, 0.29) is 24.7 Å². The molecule has 1 amide bonds. The van der Waals surface area contributed by atoms with Crippen LogP contribution in [0.1, 0.15) is 16.7 Å². The van der Waals surface area contributed by atoms with Gasteiger partial charge in [0.1, 0.15) is 5.82 Å². The number of hydrogen-bond acceptors (Lipinski definition) is 1.